The van der Waals surface area contributed by atoms with Crippen LogP contribution in [0.1, 0.15) is 47.4 Å². The van der Waals surface area contributed by atoms with E-state index in [9.17, 15) is 24.3 Å². The highest BCUT2D eigenvalue weighted by Gasteiger charge is 2.34. The van der Waals surface area contributed by atoms with E-state index in [1.807, 2.05) is 62.4 Å². The van der Waals surface area contributed by atoms with Crippen molar-refractivity contribution in [2.45, 2.75) is 64.3 Å². The lowest BCUT2D eigenvalue weighted by atomic mass is 9.97. The molecule has 0 bridgehead atoms. The van der Waals surface area contributed by atoms with Gasteiger partial charge in [0.2, 0.25) is 11.8 Å². The fourth-order valence-electron chi connectivity index (χ4n) is 7.19. The van der Waals surface area contributed by atoms with E-state index in [1.165, 1.54) is 11.9 Å². The van der Waals surface area contributed by atoms with Crippen LogP contribution in [0.4, 0.5) is 5.69 Å². The average molecular weight is 773 g/mol. The van der Waals surface area contributed by atoms with Gasteiger partial charge in [0, 0.05) is 56.5 Å². The van der Waals surface area contributed by atoms with E-state index < -0.39 is 47.9 Å². The molecule has 6 N–H and O–H groups in total. The molecule has 4 atom stereocenters. The minimum atomic E-state index is -1.57. The maximum Gasteiger partial charge on any atom is 0.265 e. The number of aromatic nitrogens is 2. The third kappa shape index (κ3) is 11.0. The molecule has 57 heavy (non-hydrogen) atoms. The number of H-pyrrole nitrogens is 1. The summed E-state index contributed by atoms with van der Waals surface area (Å²) in [4.78, 5) is 64.9. The SMILES string of the molecule is Cc1cccc(N2CCN(NC(=O)[C@@H](O)[C@H](CC(C)C)NC(=O)C(Cc3c[nH]cn3)NC(=O)[C@H](Cc3cccc4ccccc34)NC(=O)c3ccccc3)CC2)c1. The van der Waals surface area contributed by atoms with Crippen LogP contribution in [-0.2, 0) is 27.2 Å². The summed E-state index contributed by atoms with van der Waals surface area (Å²) in [6.07, 6.45) is 1.99. The van der Waals surface area contributed by atoms with Gasteiger partial charge in [-0.15, -0.1) is 0 Å². The van der Waals surface area contributed by atoms with E-state index in [-0.39, 0.29) is 18.8 Å². The van der Waals surface area contributed by atoms with Gasteiger partial charge in [-0.2, -0.15) is 0 Å². The molecule has 0 saturated carbocycles. The smallest absolute Gasteiger partial charge is 0.265 e. The second-order valence-electron chi connectivity index (χ2n) is 15.0. The first-order valence-corrected chi connectivity index (χ1v) is 19.5. The van der Waals surface area contributed by atoms with Gasteiger partial charge < -0.3 is 30.9 Å². The molecule has 1 saturated heterocycles. The highest BCUT2D eigenvalue weighted by Crippen LogP contribution is 2.21. The molecule has 1 unspecified atom stereocenters. The number of benzene rings is 4. The number of anilines is 1. The zero-order valence-corrected chi connectivity index (χ0v) is 32.7. The lowest BCUT2D eigenvalue weighted by molar-refractivity contribution is -0.138. The maximum atomic E-state index is 14.3. The van der Waals surface area contributed by atoms with Gasteiger partial charge in [0.05, 0.1) is 18.1 Å². The number of aromatic amines is 1. The van der Waals surface area contributed by atoms with Crippen LogP contribution in [0.15, 0.2) is 110 Å². The normalized spacial score (nSPS) is 15.4. The number of hydrogen-bond acceptors (Lipinski definition) is 8. The zero-order valence-electron chi connectivity index (χ0n) is 32.7. The quantitative estimate of drug-likeness (QED) is 0.0883. The summed E-state index contributed by atoms with van der Waals surface area (Å²) in [5, 5.41) is 23.8. The van der Waals surface area contributed by atoms with Crippen LogP contribution in [0.25, 0.3) is 10.8 Å². The Labute approximate surface area is 333 Å². The van der Waals surface area contributed by atoms with Crippen molar-refractivity contribution in [3.63, 3.8) is 0 Å². The first-order chi connectivity index (χ1) is 27.5. The minimum absolute atomic E-state index is 0.00767. The molecule has 4 amide bonds. The number of aliphatic hydroxyl groups excluding tert-OH is 1. The number of hydrazine groups is 1. The Morgan fingerprint density at radius 1 is 0.772 bits per heavy atom. The molecule has 0 radical (unpaired) electrons. The molecule has 1 aliphatic rings. The van der Waals surface area contributed by atoms with E-state index in [0.29, 0.717) is 43.9 Å². The largest absolute Gasteiger partial charge is 0.381 e. The monoisotopic (exact) mass is 772 g/mol. The number of rotatable bonds is 16. The number of aliphatic hydroxyl groups is 1. The number of carbonyl (C=O) groups excluding carboxylic acids is 4. The Kier molecular flexibility index (Phi) is 13.7. The van der Waals surface area contributed by atoms with Crippen LogP contribution < -0.4 is 26.3 Å². The van der Waals surface area contributed by atoms with Crippen LogP contribution in [0.5, 0.6) is 0 Å². The first kappa shape index (κ1) is 40.6. The molecule has 4 aromatic carbocycles. The number of carbonyl (C=O) groups is 4. The first-order valence-electron chi connectivity index (χ1n) is 19.5. The van der Waals surface area contributed by atoms with Crippen molar-refractivity contribution >= 4 is 40.1 Å². The number of fused-ring (bicyclic) bond motifs is 1. The number of amides is 4. The third-order valence-corrected chi connectivity index (χ3v) is 10.2. The third-order valence-electron chi connectivity index (χ3n) is 10.2. The molecule has 6 rings (SSSR count). The second kappa shape index (κ2) is 19.2. The molecular formula is C44H52N8O5. The summed E-state index contributed by atoms with van der Waals surface area (Å²) in [5.41, 5.74) is 6.89. The Bertz CT molecular complexity index is 2110. The van der Waals surface area contributed by atoms with Crippen molar-refractivity contribution in [3.05, 3.63) is 132 Å². The van der Waals surface area contributed by atoms with Crippen LogP contribution in [0.3, 0.4) is 0 Å². The van der Waals surface area contributed by atoms with Crippen LogP contribution in [0, 0.1) is 12.8 Å². The summed E-state index contributed by atoms with van der Waals surface area (Å²) in [5.74, 6) is -2.24. The van der Waals surface area contributed by atoms with E-state index in [4.69, 9.17) is 0 Å². The van der Waals surface area contributed by atoms with Gasteiger partial charge in [-0.1, -0.05) is 86.6 Å². The molecule has 298 valence electrons. The van der Waals surface area contributed by atoms with Crippen LogP contribution >= 0.6 is 0 Å². The van der Waals surface area contributed by atoms with Crippen molar-refractivity contribution in [2.75, 3.05) is 31.1 Å². The minimum Gasteiger partial charge on any atom is -0.381 e. The van der Waals surface area contributed by atoms with Crippen LogP contribution in [0.2, 0.25) is 0 Å². The van der Waals surface area contributed by atoms with Gasteiger partial charge in [0.1, 0.15) is 12.1 Å². The van der Waals surface area contributed by atoms with Gasteiger partial charge in [0.15, 0.2) is 6.10 Å². The van der Waals surface area contributed by atoms with Crippen molar-refractivity contribution in [2.24, 2.45) is 5.92 Å². The molecule has 2 heterocycles. The number of nitrogens with zero attached hydrogens (tertiary/aromatic N) is 3. The summed E-state index contributed by atoms with van der Waals surface area (Å²) >= 11 is 0. The van der Waals surface area contributed by atoms with E-state index in [0.717, 1.165) is 22.0 Å². The fraction of sp³-hybridized carbons (Fsp3) is 0.341. The van der Waals surface area contributed by atoms with Gasteiger partial charge in [-0.05, 0) is 65.4 Å². The fourth-order valence-corrected chi connectivity index (χ4v) is 7.19. The van der Waals surface area contributed by atoms with E-state index in [1.54, 1.807) is 41.5 Å². The van der Waals surface area contributed by atoms with Crippen molar-refractivity contribution in [1.29, 1.82) is 0 Å². The molecule has 5 aromatic rings. The number of piperazine rings is 1. The van der Waals surface area contributed by atoms with Gasteiger partial charge in [0.25, 0.3) is 11.8 Å². The molecule has 1 aromatic heterocycles. The molecule has 0 aliphatic carbocycles. The lowest BCUT2D eigenvalue weighted by Crippen LogP contribution is -2.61. The lowest BCUT2D eigenvalue weighted by Gasteiger charge is -2.37. The molecule has 1 aliphatic heterocycles. The van der Waals surface area contributed by atoms with E-state index in [2.05, 4.69) is 61.4 Å². The maximum absolute atomic E-state index is 14.3. The summed E-state index contributed by atoms with van der Waals surface area (Å²) in [6, 6.07) is 27.3. The van der Waals surface area contributed by atoms with Crippen LogP contribution in [-0.4, -0.2) is 94.1 Å². The Balaban J connectivity index is 1.17. The summed E-state index contributed by atoms with van der Waals surface area (Å²) in [6.45, 7) is 8.40. The van der Waals surface area contributed by atoms with Crippen molar-refractivity contribution in [1.82, 2.24) is 36.4 Å². The molecule has 0 spiro atoms. The highest BCUT2D eigenvalue weighted by molar-refractivity contribution is 5.99. The molecule has 13 nitrogen and oxygen atoms in total. The molecular weight excluding hydrogens is 721 g/mol. The standard InChI is InChI=1S/C44H52N8O5/c1-29(2)23-37(40(53)44(57)50-52-21-19-51(20-22-52)35-17-9-11-30(3)24-35)47-43(56)39(26-34-27-45-28-46-34)49-42(55)38(48-41(54)32-13-5-4-6-14-32)25-33-16-10-15-31-12-7-8-18-36(31)33/h4-18,24,27-29,37-40,53H,19-23,25-26H2,1-3H3,(H,45,46)(H,47,56)(H,48,54)(H,49,55)(H,50,57)/t37-,38-,39?,40-/m0/s1. The van der Waals surface area contributed by atoms with Gasteiger partial charge in [-0.3, -0.25) is 24.6 Å². The number of hydrogen-bond donors (Lipinski definition) is 6. The second-order valence-corrected chi connectivity index (χ2v) is 15.0. The average Bonchev–Trinajstić information content (AvgIpc) is 3.73. The number of imidazole rings is 1. The Morgan fingerprint density at radius 3 is 2.18 bits per heavy atom. The predicted octanol–water partition coefficient (Wildman–Crippen LogP) is 3.69. The highest BCUT2D eigenvalue weighted by atomic mass is 16.3. The number of aryl methyl sites for hydroxylation is 1. The zero-order chi connectivity index (χ0) is 40.3. The van der Waals surface area contributed by atoms with Gasteiger partial charge in [-0.25, -0.2) is 9.99 Å². The summed E-state index contributed by atoms with van der Waals surface area (Å²) in [7, 11) is 0. The molecule has 13 heteroatoms. The summed E-state index contributed by atoms with van der Waals surface area (Å²) < 4.78 is 0. The number of nitrogens with one attached hydrogen (secondary N) is 5. The Hall–Kier alpha value is -6.05. The van der Waals surface area contributed by atoms with Crippen molar-refractivity contribution in [3.8, 4) is 0 Å². The Morgan fingerprint density at radius 2 is 1.46 bits per heavy atom. The van der Waals surface area contributed by atoms with Gasteiger partial charge >= 0.3 is 0 Å². The van der Waals surface area contributed by atoms with Crippen molar-refractivity contribution < 1.29 is 24.3 Å². The molecule has 1 fully saturated rings. The van der Waals surface area contributed by atoms with E-state index >= 15 is 0 Å². The predicted molar refractivity (Wildman–Crippen MR) is 220 cm³/mol. The topological polar surface area (TPSA) is 172 Å².